The lowest BCUT2D eigenvalue weighted by atomic mass is 10.0. The van der Waals surface area contributed by atoms with E-state index in [1.807, 2.05) is 9.80 Å². The molecule has 2 N–H and O–H groups in total. The molecule has 2 fully saturated rings. The van der Waals surface area contributed by atoms with Crippen molar-refractivity contribution in [3.63, 3.8) is 0 Å². The topological polar surface area (TPSA) is 54.1 Å². The van der Waals surface area contributed by atoms with Gasteiger partial charge in [0.25, 0.3) is 0 Å². The van der Waals surface area contributed by atoms with Crippen molar-refractivity contribution in [2.24, 2.45) is 16.6 Å². The first-order chi connectivity index (χ1) is 12.8. The molecule has 0 amide bonds. The third kappa shape index (κ3) is 5.06. The first-order valence-corrected chi connectivity index (χ1v) is 9.42. The van der Waals surface area contributed by atoms with Crippen molar-refractivity contribution >= 4 is 11.6 Å². The number of hydrogen-bond donors (Lipinski definition) is 1. The van der Waals surface area contributed by atoms with E-state index < -0.39 is 11.7 Å². The van der Waals surface area contributed by atoms with Crippen LogP contribution in [0.3, 0.4) is 0 Å². The molecule has 1 unspecified atom stereocenters. The molecule has 2 heterocycles. The number of likely N-dealkylation sites (tertiary alicyclic amines) is 1. The lowest BCUT2D eigenvalue weighted by molar-refractivity contribution is -0.138. The fraction of sp³-hybridized carbons (Fsp3) is 0.632. The highest BCUT2D eigenvalue weighted by Gasteiger charge is 2.34. The van der Waals surface area contributed by atoms with E-state index in [0.29, 0.717) is 43.9 Å². The van der Waals surface area contributed by atoms with Gasteiger partial charge in [-0.25, -0.2) is 4.99 Å². The Kier molecular flexibility index (Phi) is 6.14. The zero-order valence-electron chi connectivity index (χ0n) is 15.6. The van der Waals surface area contributed by atoms with Crippen LogP contribution in [0.2, 0.25) is 0 Å². The van der Waals surface area contributed by atoms with Gasteiger partial charge >= 0.3 is 6.18 Å². The third-order valence-electron chi connectivity index (χ3n) is 5.17. The van der Waals surface area contributed by atoms with Gasteiger partial charge in [0.15, 0.2) is 5.96 Å². The molecule has 2 aliphatic rings. The highest BCUT2D eigenvalue weighted by atomic mass is 19.4. The van der Waals surface area contributed by atoms with Gasteiger partial charge in [-0.1, -0.05) is 13.0 Å². The summed E-state index contributed by atoms with van der Waals surface area (Å²) in [5.41, 5.74) is 6.11. The lowest BCUT2D eigenvalue weighted by Crippen LogP contribution is -2.43. The van der Waals surface area contributed by atoms with E-state index in [-0.39, 0.29) is 12.1 Å². The molecule has 1 aromatic rings. The maximum Gasteiger partial charge on any atom is 0.416 e. The van der Waals surface area contributed by atoms with Crippen molar-refractivity contribution < 1.29 is 17.9 Å². The van der Waals surface area contributed by atoms with Crippen molar-refractivity contribution in [3.05, 3.63) is 29.3 Å². The number of benzene rings is 1. The SMILES string of the molecule is CC1CCCN(C(N)=NCc2ccc(N3CCOCC3)cc2C(F)(F)F)C1. The normalized spacial score (nSPS) is 22.2. The Morgan fingerprint density at radius 1 is 1.26 bits per heavy atom. The number of hydrogen-bond acceptors (Lipinski definition) is 3. The molecule has 2 saturated heterocycles. The number of anilines is 1. The van der Waals surface area contributed by atoms with Crippen LogP contribution in [0.5, 0.6) is 0 Å². The highest BCUT2D eigenvalue weighted by molar-refractivity contribution is 5.78. The van der Waals surface area contributed by atoms with Crippen molar-refractivity contribution in [2.45, 2.75) is 32.5 Å². The van der Waals surface area contributed by atoms with Gasteiger partial charge in [-0.2, -0.15) is 13.2 Å². The minimum atomic E-state index is -4.43. The summed E-state index contributed by atoms with van der Waals surface area (Å²) in [7, 11) is 0. The Morgan fingerprint density at radius 3 is 2.67 bits per heavy atom. The molecular formula is C19H27F3N4O. The Balaban J connectivity index is 1.78. The van der Waals surface area contributed by atoms with Crippen molar-refractivity contribution in [1.82, 2.24) is 4.90 Å². The largest absolute Gasteiger partial charge is 0.416 e. The predicted molar refractivity (Wildman–Crippen MR) is 99.8 cm³/mol. The first kappa shape index (κ1) is 19.8. The zero-order valence-corrected chi connectivity index (χ0v) is 15.6. The van der Waals surface area contributed by atoms with Crippen molar-refractivity contribution in [3.8, 4) is 0 Å². The number of halogens is 3. The Morgan fingerprint density at radius 2 is 2.00 bits per heavy atom. The summed E-state index contributed by atoms with van der Waals surface area (Å²) in [4.78, 5) is 8.13. The molecule has 0 saturated carbocycles. The number of rotatable bonds is 3. The van der Waals surface area contributed by atoms with E-state index in [9.17, 15) is 13.2 Å². The van der Waals surface area contributed by atoms with Gasteiger partial charge in [0.05, 0.1) is 25.3 Å². The van der Waals surface area contributed by atoms with Crippen LogP contribution < -0.4 is 10.6 Å². The number of nitrogens with two attached hydrogens (primary N) is 1. The van der Waals surface area contributed by atoms with Crippen LogP contribution in [0.1, 0.15) is 30.9 Å². The van der Waals surface area contributed by atoms with Crippen LogP contribution in [-0.2, 0) is 17.5 Å². The summed E-state index contributed by atoms with van der Waals surface area (Å²) in [6, 6.07) is 4.46. The molecule has 1 atom stereocenters. The first-order valence-electron chi connectivity index (χ1n) is 9.42. The van der Waals surface area contributed by atoms with Crippen LogP contribution in [0, 0.1) is 5.92 Å². The molecule has 5 nitrogen and oxygen atoms in total. The van der Waals surface area contributed by atoms with Crippen LogP contribution in [0.4, 0.5) is 18.9 Å². The van der Waals surface area contributed by atoms with E-state index in [1.165, 1.54) is 12.1 Å². The molecule has 0 aliphatic carbocycles. The molecule has 0 aromatic heterocycles. The second-order valence-electron chi connectivity index (χ2n) is 7.31. The molecular weight excluding hydrogens is 357 g/mol. The molecule has 150 valence electrons. The van der Waals surface area contributed by atoms with Crippen LogP contribution in [-0.4, -0.2) is 50.3 Å². The van der Waals surface area contributed by atoms with Gasteiger partial charge < -0.3 is 20.3 Å². The maximum atomic E-state index is 13.6. The molecule has 0 radical (unpaired) electrons. The van der Waals surface area contributed by atoms with Gasteiger partial charge in [-0.15, -0.1) is 0 Å². The van der Waals surface area contributed by atoms with Gasteiger partial charge in [0.1, 0.15) is 0 Å². The standard InChI is InChI=1S/C19H27F3N4O/c1-14-3-2-6-26(13-14)18(23)24-12-15-4-5-16(11-17(15)19(20,21)22)25-7-9-27-10-8-25/h4-5,11,14H,2-3,6-10,12-13H2,1H3,(H2,23,24). The van der Waals surface area contributed by atoms with Crippen LogP contribution in [0.25, 0.3) is 0 Å². The third-order valence-corrected chi connectivity index (χ3v) is 5.17. The number of guanidine groups is 1. The highest BCUT2D eigenvalue weighted by Crippen LogP contribution is 2.35. The van der Waals surface area contributed by atoms with E-state index in [0.717, 1.165) is 25.9 Å². The Hall–Kier alpha value is -1.96. The molecule has 1 aromatic carbocycles. The number of morpholine rings is 1. The van der Waals surface area contributed by atoms with E-state index in [1.54, 1.807) is 6.07 Å². The molecule has 0 spiro atoms. The Labute approximate surface area is 158 Å². The average Bonchev–Trinajstić information content (AvgIpc) is 2.66. The average molecular weight is 384 g/mol. The zero-order chi connectivity index (χ0) is 19.4. The number of nitrogens with zero attached hydrogens (tertiary/aromatic N) is 3. The van der Waals surface area contributed by atoms with Gasteiger partial charge in [-0.3, -0.25) is 0 Å². The molecule has 2 aliphatic heterocycles. The summed E-state index contributed by atoms with van der Waals surface area (Å²) in [5.74, 6) is 0.845. The van der Waals surface area contributed by atoms with Gasteiger partial charge in [0.2, 0.25) is 0 Å². The van der Waals surface area contributed by atoms with E-state index in [2.05, 4.69) is 11.9 Å². The number of alkyl halides is 3. The van der Waals surface area contributed by atoms with Crippen molar-refractivity contribution in [2.75, 3.05) is 44.3 Å². The number of piperidine rings is 1. The smallest absolute Gasteiger partial charge is 0.378 e. The quantitative estimate of drug-likeness (QED) is 0.643. The van der Waals surface area contributed by atoms with E-state index >= 15 is 0 Å². The fourth-order valence-electron chi connectivity index (χ4n) is 3.65. The van der Waals surface area contributed by atoms with Crippen LogP contribution >= 0.6 is 0 Å². The van der Waals surface area contributed by atoms with Crippen LogP contribution in [0.15, 0.2) is 23.2 Å². The number of ether oxygens (including phenoxy) is 1. The summed E-state index contributed by atoms with van der Waals surface area (Å²) < 4.78 is 46.0. The van der Waals surface area contributed by atoms with Gasteiger partial charge in [0, 0.05) is 31.9 Å². The summed E-state index contributed by atoms with van der Waals surface area (Å²) in [6.45, 7) is 5.92. The second kappa shape index (κ2) is 8.37. The second-order valence-corrected chi connectivity index (χ2v) is 7.31. The molecule has 3 rings (SSSR count). The predicted octanol–water partition coefficient (Wildman–Crippen LogP) is 3.09. The lowest BCUT2D eigenvalue weighted by Gasteiger charge is -2.31. The minimum Gasteiger partial charge on any atom is -0.378 e. The fourth-order valence-corrected chi connectivity index (χ4v) is 3.65. The monoisotopic (exact) mass is 384 g/mol. The molecule has 8 heteroatoms. The summed E-state index contributed by atoms with van der Waals surface area (Å²) in [5, 5.41) is 0. The van der Waals surface area contributed by atoms with E-state index in [4.69, 9.17) is 10.5 Å². The molecule has 0 bridgehead atoms. The summed E-state index contributed by atoms with van der Waals surface area (Å²) in [6.07, 6.45) is -2.26. The maximum absolute atomic E-state index is 13.6. The number of aliphatic imine (C=N–C) groups is 1. The van der Waals surface area contributed by atoms with Gasteiger partial charge in [-0.05, 0) is 36.5 Å². The van der Waals surface area contributed by atoms with Crippen molar-refractivity contribution in [1.29, 1.82) is 0 Å². The minimum absolute atomic E-state index is 0.0745. The summed E-state index contributed by atoms with van der Waals surface area (Å²) >= 11 is 0. The molecule has 27 heavy (non-hydrogen) atoms. The Bertz CT molecular complexity index is 671.